The topological polar surface area (TPSA) is 93.5 Å². The van der Waals surface area contributed by atoms with Crippen molar-refractivity contribution in [3.05, 3.63) is 102 Å². The summed E-state index contributed by atoms with van der Waals surface area (Å²) < 4.78 is 5.31. The van der Waals surface area contributed by atoms with Crippen LogP contribution in [0.25, 0.3) is 0 Å². The zero-order valence-corrected chi connectivity index (χ0v) is 19.0. The van der Waals surface area contributed by atoms with Gasteiger partial charge in [-0.25, -0.2) is 4.79 Å². The highest BCUT2D eigenvalue weighted by Crippen LogP contribution is 2.39. The second kappa shape index (κ2) is 11.5. The van der Waals surface area contributed by atoms with Gasteiger partial charge in [-0.05, 0) is 35.2 Å². The number of hydrogen-bond donors (Lipinski definition) is 3. The molecule has 4 rings (SSSR count). The molecule has 0 aliphatic heterocycles. The first-order chi connectivity index (χ1) is 15.6. The van der Waals surface area contributed by atoms with Crippen LogP contribution >= 0.6 is 12.4 Å². The van der Waals surface area contributed by atoms with Crippen molar-refractivity contribution in [2.75, 3.05) is 5.32 Å². The standard InChI is InChI=1S/C26H27N3O3.ClH/c27-23-16-22(23)20-11-13-21(14-12-20)28-25(30)24(15-18-7-3-1-4-8-18)29-26(31)32-17-19-9-5-2-6-10-19;/h1-14,22-24H,15-17,27H2,(H,28,30)(H,29,31);1H/t22-,23+,24+;/m0./s1. The maximum Gasteiger partial charge on any atom is 0.408 e. The number of amides is 2. The average molecular weight is 466 g/mol. The number of nitrogens with one attached hydrogen (secondary N) is 2. The van der Waals surface area contributed by atoms with Crippen LogP contribution < -0.4 is 16.4 Å². The van der Waals surface area contributed by atoms with Gasteiger partial charge in [-0.3, -0.25) is 4.79 Å². The number of alkyl carbamates (subject to hydrolysis) is 1. The Bertz CT molecular complexity index is 1050. The zero-order chi connectivity index (χ0) is 22.3. The summed E-state index contributed by atoms with van der Waals surface area (Å²) in [4.78, 5) is 25.4. The largest absolute Gasteiger partial charge is 0.445 e. The minimum atomic E-state index is -0.780. The molecule has 7 heteroatoms. The van der Waals surface area contributed by atoms with Gasteiger partial charge in [0, 0.05) is 24.1 Å². The van der Waals surface area contributed by atoms with Gasteiger partial charge in [-0.1, -0.05) is 72.8 Å². The summed E-state index contributed by atoms with van der Waals surface area (Å²) in [5.74, 6) is 0.105. The Labute approximate surface area is 199 Å². The smallest absolute Gasteiger partial charge is 0.408 e. The first-order valence-electron chi connectivity index (χ1n) is 10.8. The van der Waals surface area contributed by atoms with Gasteiger partial charge >= 0.3 is 6.09 Å². The molecule has 4 N–H and O–H groups in total. The van der Waals surface area contributed by atoms with Crippen LogP contribution in [0.5, 0.6) is 0 Å². The molecule has 3 aromatic rings. The minimum Gasteiger partial charge on any atom is -0.445 e. The Kier molecular flexibility index (Phi) is 8.46. The summed E-state index contributed by atoms with van der Waals surface area (Å²) in [5.41, 5.74) is 9.58. The van der Waals surface area contributed by atoms with Crippen LogP contribution in [0, 0.1) is 0 Å². The normalized spacial score (nSPS) is 17.2. The number of ether oxygens (including phenoxy) is 1. The van der Waals surface area contributed by atoms with Crippen molar-refractivity contribution in [1.29, 1.82) is 0 Å². The molecule has 1 fully saturated rings. The molecule has 1 aliphatic rings. The van der Waals surface area contributed by atoms with E-state index < -0.39 is 12.1 Å². The van der Waals surface area contributed by atoms with Crippen LogP contribution in [0.2, 0.25) is 0 Å². The molecular formula is C26H28ClN3O3. The van der Waals surface area contributed by atoms with E-state index in [1.54, 1.807) is 0 Å². The molecule has 2 amide bonds. The molecule has 0 aromatic heterocycles. The molecule has 3 atom stereocenters. The van der Waals surface area contributed by atoms with Crippen LogP contribution in [-0.4, -0.2) is 24.1 Å². The second-order valence-electron chi connectivity index (χ2n) is 8.07. The number of hydrogen-bond acceptors (Lipinski definition) is 4. The van der Waals surface area contributed by atoms with Crippen LogP contribution in [-0.2, 0) is 22.6 Å². The van der Waals surface area contributed by atoms with Crippen LogP contribution in [0.4, 0.5) is 10.5 Å². The molecule has 0 spiro atoms. The summed E-state index contributed by atoms with van der Waals surface area (Å²) in [6.45, 7) is 0.136. The van der Waals surface area contributed by atoms with Crippen molar-refractivity contribution in [3.63, 3.8) is 0 Å². The van der Waals surface area contributed by atoms with E-state index in [1.807, 2.05) is 84.9 Å². The van der Waals surface area contributed by atoms with E-state index in [-0.39, 0.29) is 31.0 Å². The van der Waals surface area contributed by atoms with Crippen molar-refractivity contribution in [1.82, 2.24) is 5.32 Å². The Morgan fingerprint density at radius 2 is 1.48 bits per heavy atom. The third-order valence-corrected chi connectivity index (χ3v) is 5.55. The van der Waals surface area contributed by atoms with Crippen molar-refractivity contribution in [2.24, 2.45) is 5.73 Å². The van der Waals surface area contributed by atoms with Gasteiger partial charge in [-0.2, -0.15) is 0 Å². The monoisotopic (exact) mass is 465 g/mol. The molecule has 3 aromatic carbocycles. The first kappa shape index (κ1) is 24.3. The first-order valence-corrected chi connectivity index (χ1v) is 10.8. The second-order valence-corrected chi connectivity index (χ2v) is 8.07. The predicted molar refractivity (Wildman–Crippen MR) is 131 cm³/mol. The summed E-state index contributed by atoms with van der Waals surface area (Å²) in [6.07, 6.45) is 0.713. The highest BCUT2D eigenvalue weighted by molar-refractivity contribution is 5.96. The highest BCUT2D eigenvalue weighted by atomic mass is 35.5. The van der Waals surface area contributed by atoms with Gasteiger partial charge in [0.25, 0.3) is 0 Å². The maximum absolute atomic E-state index is 13.0. The molecule has 1 saturated carbocycles. The van der Waals surface area contributed by atoms with Crippen LogP contribution in [0.3, 0.4) is 0 Å². The number of carbonyl (C=O) groups is 2. The molecule has 0 heterocycles. The van der Waals surface area contributed by atoms with Gasteiger partial charge in [0.2, 0.25) is 5.91 Å². The lowest BCUT2D eigenvalue weighted by Gasteiger charge is -2.19. The van der Waals surface area contributed by atoms with Crippen LogP contribution in [0.15, 0.2) is 84.9 Å². The summed E-state index contributed by atoms with van der Waals surface area (Å²) in [6, 6.07) is 26.1. The highest BCUT2D eigenvalue weighted by Gasteiger charge is 2.34. The minimum absolute atomic E-state index is 0. The Morgan fingerprint density at radius 1 is 0.909 bits per heavy atom. The molecular weight excluding hydrogens is 438 g/mol. The zero-order valence-electron chi connectivity index (χ0n) is 18.1. The van der Waals surface area contributed by atoms with E-state index in [1.165, 1.54) is 5.56 Å². The molecule has 6 nitrogen and oxygen atoms in total. The number of nitrogens with two attached hydrogens (primary N) is 1. The third kappa shape index (κ3) is 7.07. The summed E-state index contributed by atoms with van der Waals surface area (Å²) >= 11 is 0. The van der Waals surface area contributed by atoms with Crippen molar-refractivity contribution in [3.8, 4) is 0 Å². The van der Waals surface area contributed by atoms with E-state index in [2.05, 4.69) is 10.6 Å². The van der Waals surface area contributed by atoms with Crippen molar-refractivity contribution < 1.29 is 14.3 Å². The number of carbonyl (C=O) groups excluding carboxylic acids is 2. The average Bonchev–Trinajstić information content (AvgIpc) is 3.55. The van der Waals surface area contributed by atoms with Gasteiger partial charge in [0.1, 0.15) is 12.6 Å². The molecule has 0 radical (unpaired) electrons. The van der Waals surface area contributed by atoms with Gasteiger partial charge < -0.3 is 21.1 Å². The molecule has 33 heavy (non-hydrogen) atoms. The SMILES string of the molecule is Cl.N[C@@H]1C[C@H]1c1ccc(NC(=O)[C@@H](Cc2ccccc2)NC(=O)OCc2ccccc2)cc1. The number of anilines is 1. The van der Waals surface area contributed by atoms with E-state index in [0.717, 1.165) is 17.5 Å². The third-order valence-electron chi connectivity index (χ3n) is 5.55. The molecule has 1 aliphatic carbocycles. The Hall–Kier alpha value is -3.35. The number of benzene rings is 3. The Balaban J connectivity index is 0.00000306. The predicted octanol–water partition coefficient (Wildman–Crippen LogP) is 4.40. The lowest BCUT2D eigenvalue weighted by Crippen LogP contribution is -2.45. The quantitative estimate of drug-likeness (QED) is 0.459. The fourth-order valence-corrected chi connectivity index (χ4v) is 3.61. The number of rotatable bonds is 8. The molecule has 0 saturated heterocycles. The lowest BCUT2D eigenvalue weighted by molar-refractivity contribution is -0.118. The summed E-state index contributed by atoms with van der Waals surface area (Å²) in [7, 11) is 0. The fourth-order valence-electron chi connectivity index (χ4n) is 3.61. The van der Waals surface area contributed by atoms with Gasteiger partial charge in [-0.15, -0.1) is 12.4 Å². The van der Waals surface area contributed by atoms with E-state index in [4.69, 9.17) is 10.5 Å². The van der Waals surface area contributed by atoms with Crippen molar-refractivity contribution >= 4 is 30.1 Å². The molecule has 0 bridgehead atoms. The summed E-state index contributed by atoms with van der Waals surface area (Å²) in [5, 5.41) is 5.61. The maximum atomic E-state index is 13.0. The lowest BCUT2D eigenvalue weighted by atomic mass is 10.1. The van der Waals surface area contributed by atoms with Gasteiger partial charge in [0.15, 0.2) is 0 Å². The van der Waals surface area contributed by atoms with Crippen LogP contribution in [0.1, 0.15) is 29.0 Å². The van der Waals surface area contributed by atoms with E-state index >= 15 is 0 Å². The number of halogens is 1. The van der Waals surface area contributed by atoms with E-state index in [9.17, 15) is 9.59 Å². The Morgan fingerprint density at radius 3 is 2.06 bits per heavy atom. The van der Waals surface area contributed by atoms with E-state index in [0.29, 0.717) is 18.0 Å². The van der Waals surface area contributed by atoms with Crippen molar-refractivity contribution in [2.45, 2.75) is 37.5 Å². The molecule has 172 valence electrons. The molecule has 0 unspecified atom stereocenters. The fraction of sp³-hybridized carbons (Fsp3) is 0.231. The van der Waals surface area contributed by atoms with Gasteiger partial charge in [0.05, 0.1) is 0 Å².